The van der Waals surface area contributed by atoms with E-state index in [0.29, 0.717) is 20.2 Å². The lowest BCUT2D eigenvalue weighted by molar-refractivity contribution is 0.0696. The summed E-state index contributed by atoms with van der Waals surface area (Å²) in [6, 6.07) is 16.2. The Morgan fingerprint density at radius 2 is 1.52 bits per heavy atom. The highest BCUT2D eigenvalue weighted by Gasteiger charge is 2.19. The fourth-order valence-electron chi connectivity index (χ4n) is 2.91. The summed E-state index contributed by atoms with van der Waals surface area (Å²) in [5.41, 5.74) is 4.01. The first-order valence-electron chi connectivity index (χ1n) is 7.91. The van der Waals surface area contributed by atoms with E-state index in [1.165, 1.54) is 0 Å². The number of carboxylic acid groups (broad SMARTS) is 1. The van der Waals surface area contributed by atoms with Crippen LogP contribution in [0.4, 0.5) is 0 Å². The van der Waals surface area contributed by atoms with Gasteiger partial charge >= 0.3 is 5.97 Å². The molecule has 27 heavy (non-hydrogen) atoms. The lowest BCUT2D eigenvalue weighted by Gasteiger charge is -2.07. The van der Waals surface area contributed by atoms with Gasteiger partial charge in [0.2, 0.25) is 0 Å². The van der Waals surface area contributed by atoms with Crippen LogP contribution in [0.1, 0.15) is 10.4 Å². The Morgan fingerprint density at radius 1 is 0.963 bits per heavy atom. The molecule has 0 saturated heterocycles. The predicted molar refractivity (Wildman–Crippen MR) is 111 cm³/mol. The number of aromatic nitrogens is 2. The predicted octanol–water partition coefficient (Wildman–Crippen LogP) is 6.44. The van der Waals surface area contributed by atoms with Crippen LogP contribution < -0.4 is 0 Å². The van der Waals surface area contributed by atoms with Crippen molar-refractivity contribution in [3.05, 3.63) is 80.9 Å². The molecule has 0 spiro atoms. The molecule has 134 valence electrons. The second kappa shape index (κ2) is 7.00. The van der Waals surface area contributed by atoms with Crippen molar-refractivity contribution in [1.29, 1.82) is 0 Å². The molecule has 1 N–H and O–H groups in total. The van der Waals surface area contributed by atoms with Crippen molar-refractivity contribution in [3.8, 4) is 22.5 Å². The number of carboxylic acids is 1. The van der Waals surface area contributed by atoms with Gasteiger partial charge in [0, 0.05) is 27.4 Å². The molecule has 2 aromatic carbocycles. The van der Waals surface area contributed by atoms with Gasteiger partial charge in [-0.1, -0.05) is 47.5 Å². The molecule has 0 bridgehead atoms. The van der Waals surface area contributed by atoms with E-state index in [1.807, 2.05) is 24.3 Å². The first-order chi connectivity index (χ1) is 12.9. The van der Waals surface area contributed by atoms with Crippen molar-refractivity contribution in [2.24, 2.45) is 0 Å². The standard InChI is InChI=1S/C20H11BrCl2N2O2/c21-16-9-13(20(26)27)10-25-18(12-3-7-15(23)8-4-12)17(24-19(16)25)11-1-5-14(22)6-2-11/h1-10H,(H,26,27). The van der Waals surface area contributed by atoms with Gasteiger partial charge in [0.15, 0.2) is 5.65 Å². The molecule has 2 heterocycles. The highest BCUT2D eigenvalue weighted by atomic mass is 79.9. The summed E-state index contributed by atoms with van der Waals surface area (Å²) >= 11 is 15.5. The molecule has 0 fully saturated rings. The minimum atomic E-state index is -1.01. The number of hydrogen-bond donors (Lipinski definition) is 1. The quantitative estimate of drug-likeness (QED) is 0.382. The molecular formula is C20H11BrCl2N2O2. The van der Waals surface area contributed by atoms with Crippen molar-refractivity contribution >= 4 is 50.7 Å². The van der Waals surface area contributed by atoms with Gasteiger partial charge in [-0.15, -0.1) is 0 Å². The molecule has 4 nitrogen and oxygen atoms in total. The lowest BCUT2D eigenvalue weighted by atomic mass is 10.0. The van der Waals surface area contributed by atoms with E-state index in [0.717, 1.165) is 22.5 Å². The molecule has 0 saturated carbocycles. The molecule has 0 aliphatic heterocycles. The highest BCUT2D eigenvalue weighted by molar-refractivity contribution is 9.10. The number of aromatic carboxylic acids is 1. The van der Waals surface area contributed by atoms with Crippen LogP contribution in [0.5, 0.6) is 0 Å². The third-order valence-electron chi connectivity index (χ3n) is 4.16. The van der Waals surface area contributed by atoms with Crippen molar-refractivity contribution in [2.45, 2.75) is 0 Å². The summed E-state index contributed by atoms with van der Waals surface area (Å²) in [6.07, 6.45) is 1.57. The molecule has 0 aliphatic rings. The van der Waals surface area contributed by atoms with Gasteiger partial charge in [-0.25, -0.2) is 9.78 Å². The Bertz CT molecular complexity index is 1170. The Kier molecular flexibility index (Phi) is 4.68. The lowest BCUT2D eigenvalue weighted by Crippen LogP contribution is -2.00. The topological polar surface area (TPSA) is 54.6 Å². The zero-order valence-electron chi connectivity index (χ0n) is 13.7. The van der Waals surface area contributed by atoms with E-state index in [1.54, 1.807) is 40.9 Å². The first-order valence-corrected chi connectivity index (χ1v) is 9.45. The van der Waals surface area contributed by atoms with E-state index in [4.69, 9.17) is 28.2 Å². The van der Waals surface area contributed by atoms with E-state index in [-0.39, 0.29) is 5.56 Å². The molecular weight excluding hydrogens is 451 g/mol. The molecule has 4 rings (SSSR count). The normalized spacial score (nSPS) is 11.1. The third kappa shape index (κ3) is 3.34. The maximum absolute atomic E-state index is 11.5. The maximum atomic E-state index is 11.5. The van der Waals surface area contributed by atoms with Gasteiger partial charge in [-0.05, 0) is 46.3 Å². The number of carbonyl (C=O) groups is 1. The number of halogens is 3. The Balaban J connectivity index is 2.08. The Labute approximate surface area is 173 Å². The van der Waals surface area contributed by atoms with Crippen LogP contribution in [0.25, 0.3) is 28.2 Å². The van der Waals surface area contributed by atoms with Gasteiger partial charge in [0.05, 0.1) is 21.4 Å². The zero-order chi connectivity index (χ0) is 19.1. The molecule has 4 aromatic rings. The van der Waals surface area contributed by atoms with Crippen LogP contribution in [0.3, 0.4) is 0 Å². The molecule has 0 unspecified atom stereocenters. The SMILES string of the molecule is O=C(O)c1cc(Br)c2nc(-c3ccc(Cl)cc3)c(-c3ccc(Cl)cc3)n2c1. The second-order valence-electron chi connectivity index (χ2n) is 5.90. The number of benzene rings is 2. The number of rotatable bonds is 3. The van der Waals surface area contributed by atoms with Crippen LogP contribution in [0.2, 0.25) is 10.0 Å². The number of pyridine rings is 1. The molecule has 0 amide bonds. The molecule has 0 atom stereocenters. The smallest absolute Gasteiger partial charge is 0.337 e. The Morgan fingerprint density at radius 3 is 2.07 bits per heavy atom. The average Bonchev–Trinajstić information content (AvgIpc) is 3.03. The second-order valence-corrected chi connectivity index (χ2v) is 7.63. The molecule has 2 aromatic heterocycles. The van der Waals surface area contributed by atoms with Crippen molar-refractivity contribution < 1.29 is 9.90 Å². The number of fused-ring (bicyclic) bond motifs is 1. The summed E-state index contributed by atoms with van der Waals surface area (Å²) in [6.45, 7) is 0. The molecule has 7 heteroatoms. The fourth-order valence-corrected chi connectivity index (χ4v) is 3.69. The Hall–Kier alpha value is -2.34. The monoisotopic (exact) mass is 460 g/mol. The van der Waals surface area contributed by atoms with Crippen molar-refractivity contribution in [1.82, 2.24) is 9.38 Å². The van der Waals surface area contributed by atoms with Gasteiger partial charge in [-0.2, -0.15) is 0 Å². The van der Waals surface area contributed by atoms with Crippen LogP contribution in [-0.2, 0) is 0 Å². The number of nitrogens with zero attached hydrogens (tertiary/aromatic N) is 2. The van der Waals surface area contributed by atoms with Gasteiger partial charge < -0.3 is 5.11 Å². The third-order valence-corrected chi connectivity index (χ3v) is 5.24. The number of hydrogen-bond acceptors (Lipinski definition) is 2. The fraction of sp³-hybridized carbons (Fsp3) is 0. The van der Waals surface area contributed by atoms with Gasteiger partial charge in [0.25, 0.3) is 0 Å². The van der Waals surface area contributed by atoms with Crippen LogP contribution >= 0.6 is 39.1 Å². The molecule has 0 aliphatic carbocycles. The summed E-state index contributed by atoms with van der Waals surface area (Å²) in [5, 5.41) is 10.7. The van der Waals surface area contributed by atoms with E-state index < -0.39 is 5.97 Å². The van der Waals surface area contributed by atoms with E-state index in [9.17, 15) is 9.90 Å². The molecule has 0 radical (unpaired) electrons. The largest absolute Gasteiger partial charge is 0.478 e. The van der Waals surface area contributed by atoms with Crippen LogP contribution in [0.15, 0.2) is 65.3 Å². The average molecular weight is 462 g/mol. The zero-order valence-corrected chi connectivity index (χ0v) is 16.8. The minimum absolute atomic E-state index is 0.157. The van der Waals surface area contributed by atoms with E-state index >= 15 is 0 Å². The van der Waals surface area contributed by atoms with Gasteiger partial charge in [0.1, 0.15) is 0 Å². The van der Waals surface area contributed by atoms with E-state index in [2.05, 4.69) is 15.9 Å². The summed E-state index contributed by atoms with van der Waals surface area (Å²) < 4.78 is 2.37. The van der Waals surface area contributed by atoms with Crippen LogP contribution in [-0.4, -0.2) is 20.5 Å². The van der Waals surface area contributed by atoms with Crippen molar-refractivity contribution in [2.75, 3.05) is 0 Å². The first kappa shape index (κ1) is 18.0. The number of imidazole rings is 1. The summed E-state index contributed by atoms with van der Waals surface area (Å²) in [7, 11) is 0. The summed E-state index contributed by atoms with van der Waals surface area (Å²) in [4.78, 5) is 16.3. The van der Waals surface area contributed by atoms with Crippen molar-refractivity contribution in [3.63, 3.8) is 0 Å². The summed E-state index contributed by atoms with van der Waals surface area (Å²) in [5.74, 6) is -1.01. The maximum Gasteiger partial charge on any atom is 0.337 e. The van der Waals surface area contributed by atoms with Crippen LogP contribution in [0, 0.1) is 0 Å². The van der Waals surface area contributed by atoms with Gasteiger partial charge in [-0.3, -0.25) is 4.40 Å². The minimum Gasteiger partial charge on any atom is -0.478 e. The highest BCUT2D eigenvalue weighted by Crippen LogP contribution is 2.36.